The lowest BCUT2D eigenvalue weighted by Gasteiger charge is -2.33. The number of amides is 1. The Kier molecular flexibility index (Phi) is 5.78. The molecular weight excluding hydrogens is 576 g/mol. The summed E-state index contributed by atoms with van der Waals surface area (Å²) in [5, 5.41) is 0. The van der Waals surface area contributed by atoms with E-state index >= 15 is 0 Å². The second kappa shape index (κ2) is 7.51. The molecule has 1 aromatic heterocycles. The van der Waals surface area contributed by atoms with E-state index in [1.807, 2.05) is 6.92 Å². The van der Waals surface area contributed by atoms with Crippen LogP contribution in [-0.2, 0) is 4.74 Å². The second-order valence-electron chi connectivity index (χ2n) is 5.21. The zero-order valence-corrected chi connectivity index (χ0v) is 19.0. The van der Waals surface area contributed by atoms with Gasteiger partial charge in [0.05, 0.1) is 21.1 Å². The minimum absolute atomic E-state index is 0.250. The van der Waals surface area contributed by atoms with Crippen LogP contribution < -0.4 is 4.90 Å². The molecule has 2 aromatic rings. The van der Waals surface area contributed by atoms with Crippen LogP contribution in [0, 0.1) is 0 Å². The SMILES string of the molecule is CCOC(=O)N1CCN(c2nc3c(Br)c(Br)c(Br)c(Br)c3[nH]2)CC1. The maximum atomic E-state index is 11.8. The van der Waals surface area contributed by atoms with Gasteiger partial charge in [-0.2, -0.15) is 0 Å². The predicted molar refractivity (Wildman–Crippen MR) is 108 cm³/mol. The van der Waals surface area contributed by atoms with Crippen LogP contribution in [0.3, 0.4) is 0 Å². The molecule has 1 aliphatic heterocycles. The number of aromatic amines is 1. The number of imidazole rings is 1. The molecule has 2 heterocycles. The van der Waals surface area contributed by atoms with Crippen molar-refractivity contribution in [3.8, 4) is 0 Å². The van der Waals surface area contributed by atoms with E-state index in [-0.39, 0.29) is 6.09 Å². The van der Waals surface area contributed by atoms with Gasteiger partial charge in [-0.1, -0.05) is 0 Å². The first kappa shape index (κ1) is 18.5. The molecule has 0 bridgehead atoms. The molecule has 24 heavy (non-hydrogen) atoms. The predicted octanol–water partition coefficient (Wildman–Crippen LogP) is 4.89. The van der Waals surface area contributed by atoms with Gasteiger partial charge in [-0.25, -0.2) is 9.78 Å². The minimum atomic E-state index is -0.250. The number of anilines is 1. The molecule has 1 saturated heterocycles. The Morgan fingerprint density at radius 1 is 1.08 bits per heavy atom. The third-order valence-corrected chi connectivity index (χ3v) is 8.55. The summed E-state index contributed by atoms with van der Waals surface area (Å²) in [6.07, 6.45) is -0.250. The standard InChI is InChI=1S/C14H14Br4N4O2/c1-2-24-14(23)22-5-3-21(4-6-22)13-19-11-9(17)7(15)8(16)10(18)12(11)20-13/h2-6H2,1H3,(H,19,20). The Balaban J connectivity index is 1.83. The first-order valence-corrected chi connectivity index (χ1v) is 10.5. The number of H-pyrrole nitrogens is 1. The fourth-order valence-corrected chi connectivity index (χ4v) is 4.84. The maximum Gasteiger partial charge on any atom is 0.409 e. The number of hydrogen-bond donors (Lipinski definition) is 1. The number of ether oxygens (including phenoxy) is 1. The topological polar surface area (TPSA) is 61.5 Å². The number of nitrogens with zero attached hydrogens (tertiary/aromatic N) is 3. The summed E-state index contributed by atoms with van der Waals surface area (Å²) in [5.41, 5.74) is 1.76. The Labute approximate surface area is 172 Å². The van der Waals surface area contributed by atoms with E-state index in [9.17, 15) is 4.79 Å². The molecule has 1 fully saturated rings. The fourth-order valence-electron chi connectivity index (χ4n) is 2.55. The van der Waals surface area contributed by atoms with Gasteiger partial charge in [0.2, 0.25) is 5.95 Å². The van der Waals surface area contributed by atoms with Crippen molar-refractivity contribution in [1.29, 1.82) is 0 Å². The first-order valence-electron chi connectivity index (χ1n) is 7.32. The van der Waals surface area contributed by atoms with E-state index in [0.29, 0.717) is 32.8 Å². The van der Waals surface area contributed by atoms with Gasteiger partial charge in [-0.05, 0) is 70.6 Å². The molecule has 130 valence electrons. The van der Waals surface area contributed by atoms with E-state index in [1.165, 1.54) is 0 Å². The van der Waals surface area contributed by atoms with Crippen molar-refractivity contribution in [3.05, 3.63) is 17.9 Å². The van der Waals surface area contributed by atoms with Crippen molar-refractivity contribution in [3.63, 3.8) is 0 Å². The summed E-state index contributed by atoms with van der Waals surface area (Å²) in [6, 6.07) is 0. The third kappa shape index (κ3) is 3.34. The van der Waals surface area contributed by atoms with E-state index in [0.717, 1.165) is 34.9 Å². The number of carbonyl (C=O) groups excluding carboxylic acids is 1. The van der Waals surface area contributed by atoms with Crippen molar-refractivity contribution < 1.29 is 9.53 Å². The molecule has 0 spiro atoms. The number of aromatic nitrogens is 2. The molecule has 6 nitrogen and oxygen atoms in total. The van der Waals surface area contributed by atoms with E-state index in [4.69, 9.17) is 9.72 Å². The summed E-state index contributed by atoms with van der Waals surface area (Å²) in [5.74, 6) is 0.792. The van der Waals surface area contributed by atoms with Crippen molar-refractivity contribution in [2.45, 2.75) is 6.92 Å². The van der Waals surface area contributed by atoms with Crippen molar-refractivity contribution in [2.24, 2.45) is 0 Å². The van der Waals surface area contributed by atoms with Crippen LogP contribution in [-0.4, -0.2) is 53.7 Å². The van der Waals surface area contributed by atoms with E-state index in [2.05, 4.69) is 73.6 Å². The number of rotatable bonds is 2. The first-order chi connectivity index (χ1) is 11.4. The second-order valence-corrected chi connectivity index (χ2v) is 8.38. The monoisotopic (exact) mass is 586 g/mol. The van der Waals surface area contributed by atoms with Crippen LogP contribution in [0.15, 0.2) is 17.9 Å². The molecular formula is C14H14Br4N4O2. The van der Waals surface area contributed by atoms with Crippen LogP contribution in [0.5, 0.6) is 0 Å². The summed E-state index contributed by atoms with van der Waals surface area (Å²) >= 11 is 14.3. The number of hydrogen-bond acceptors (Lipinski definition) is 4. The van der Waals surface area contributed by atoms with Crippen LogP contribution in [0.4, 0.5) is 10.7 Å². The van der Waals surface area contributed by atoms with Crippen LogP contribution >= 0.6 is 63.7 Å². The van der Waals surface area contributed by atoms with E-state index < -0.39 is 0 Å². The van der Waals surface area contributed by atoms with Crippen LogP contribution in [0.1, 0.15) is 6.92 Å². The molecule has 0 saturated carbocycles. The molecule has 1 aromatic carbocycles. The lowest BCUT2D eigenvalue weighted by molar-refractivity contribution is 0.105. The molecule has 3 rings (SSSR count). The van der Waals surface area contributed by atoms with Gasteiger partial charge in [-0.15, -0.1) is 0 Å². The zero-order valence-electron chi connectivity index (χ0n) is 12.7. The van der Waals surface area contributed by atoms with Gasteiger partial charge in [0.25, 0.3) is 0 Å². The molecule has 0 unspecified atom stereocenters. The highest BCUT2D eigenvalue weighted by Crippen LogP contribution is 2.43. The summed E-state index contributed by atoms with van der Waals surface area (Å²) in [6.45, 7) is 4.85. The van der Waals surface area contributed by atoms with Gasteiger partial charge in [0.15, 0.2) is 0 Å². The third-order valence-electron chi connectivity index (χ3n) is 3.80. The molecule has 10 heteroatoms. The van der Waals surface area contributed by atoms with E-state index in [1.54, 1.807) is 4.90 Å². The van der Waals surface area contributed by atoms with Gasteiger partial charge in [0.1, 0.15) is 5.52 Å². The molecule has 0 atom stereocenters. The van der Waals surface area contributed by atoms with Gasteiger partial charge in [-0.3, -0.25) is 0 Å². The number of halogens is 4. The van der Waals surface area contributed by atoms with Gasteiger partial charge in [0, 0.05) is 35.1 Å². The Hall–Kier alpha value is -0.320. The largest absolute Gasteiger partial charge is 0.450 e. The lowest BCUT2D eigenvalue weighted by Crippen LogP contribution is -2.49. The number of piperazine rings is 1. The summed E-state index contributed by atoms with van der Waals surface area (Å²) in [4.78, 5) is 23.7. The van der Waals surface area contributed by atoms with Crippen LogP contribution in [0.2, 0.25) is 0 Å². The zero-order chi connectivity index (χ0) is 17.4. The molecule has 1 N–H and O–H groups in total. The van der Waals surface area contributed by atoms with Crippen molar-refractivity contribution >= 4 is 86.8 Å². The van der Waals surface area contributed by atoms with Crippen molar-refractivity contribution in [2.75, 3.05) is 37.7 Å². The number of nitrogens with one attached hydrogen (secondary N) is 1. The minimum Gasteiger partial charge on any atom is -0.450 e. The summed E-state index contributed by atoms with van der Waals surface area (Å²) in [7, 11) is 0. The maximum absolute atomic E-state index is 11.8. The number of carbonyl (C=O) groups is 1. The molecule has 0 radical (unpaired) electrons. The highest BCUT2D eigenvalue weighted by molar-refractivity contribution is 9.15. The highest BCUT2D eigenvalue weighted by Gasteiger charge is 2.25. The smallest absolute Gasteiger partial charge is 0.409 e. The normalized spacial score (nSPS) is 15.2. The highest BCUT2D eigenvalue weighted by atomic mass is 79.9. The van der Waals surface area contributed by atoms with Crippen molar-refractivity contribution in [1.82, 2.24) is 14.9 Å². The van der Waals surface area contributed by atoms with Crippen LogP contribution in [0.25, 0.3) is 11.0 Å². The average molecular weight is 590 g/mol. The Morgan fingerprint density at radius 2 is 1.71 bits per heavy atom. The molecule has 1 aliphatic rings. The quantitative estimate of drug-likeness (QED) is 0.400. The number of fused-ring (bicyclic) bond motifs is 1. The molecule has 1 amide bonds. The van der Waals surface area contributed by atoms with Gasteiger partial charge >= 0.3 is 6.09 Å². The summed E-state index contributed by atoms with van der Waals surface area (Å²) < 4.78 is 8.68. The number of benzene rings is 1. The average Bonchev–Trinajstić information content (AvgIpc) is 3.04. The fraction of sp³-hybridized carbons (Fsp3) is 0.429. The Bertz CT molecular complexity index is 742. The lowest BCUT2D eigenvalue weighted by atomic mass is 10.3. The van der Waals surface area contributed by atoms with Gasteiger partial charge < -0.3 is 19.5 Å². The Morgan fingerprint density at radius 3 is 2.33 bits per heavy atom. The molecule has 0 aliphatic carbocycles.